The number of halogens is 2. The SMILES string of the molecule is COc1cc(C=O)cnc1C(F)F. The molecule has 70 valence electrons. The lowest BCUT2D eigenvalue weighted by Gasteiger charge is -2.05. The highest BCUT2D eigenvalue weighted by atomic mass is 19.3. The molecule has 0 fully saturated rings. The molecule has 1 aromatic rings. The molecule has 0 N–H and O–H groups in total. The van der Waals surface area contributed by atoms with E-state index in [0.29, 0.717) is 6.29 Å². The normalized spacial score (nSPS) is 10.2. The van der Waals surface area contributed by atoms with Gasteiger partial charge in [-0.05, 0) is 6.07 Å². The van der Waals surface area contributed by atoms with Crippen LogP contribution in [0.3, 0.4) is 0 Å². The predicted molar refractivity (Wildman–Crippen MR) is 41.1 cm³/mol. The van der Waals surface area contributed by atoms with Crippen molar-refractivity contribution in [1.82, 2.24) is 4.98 Å². The number of hydrogen-bond acceptors (Lipinski definition) is 3. The molecule has 1 heterocycles. The summed E-state index contributed by atoms with van der Waals surface area (Å²) in [7, 11) is 1.25. The highest BCUT2D eigenvalue weighted by Gasteiger charge is 2.15. The Hall–Kier alpha value is -1.52. The molecule has 0 aliphatic heterocycles. The Morgan fingerprint density at radius 3 is 2.77 bits per heavy atom. The van der Waals surface area contributed by atoms with Crippen molar-refractivity contribution in [3.63, 3.8) is 0 Å². The van der Waals surface area contributed by atoms with Crippen LogP contribution in [0, 0.1) is 0 Å². The molecule has 1 rings (SSSR count). The maximum Gasteiger partial charge on any atom is 0.284 e. The Labute approximate surface area is 73.4 Å². The number of pyridine rings is 1. The lowest BCUT2D eigenvalue weighted by atomic mass is 10.2. The van der Waals surface area contributed by atoms with Gasteiger partial charge in [0.25, 0.3) is 6.43 Å². The molecule has 5 heteroatoms. The van der Waals surface area contributed by atoms with Gasteiger partial charge in [-0.3, -0.25) is 9.78 Å². The second-order valence-corrected chi connectivity index (χ2v) is 2.27. The largest absolute Gasteiger partial charge is 0.495 e. The monoisotopic (exact) mass is 187 g/mol. The van der Waals surface area contributed by atoms with Crippen molar-refractivity contribution in [2.24, 2.45) is 0 Å². The quantitative estimate of drug-likeness (QED) is 0.677. The standard InChI is InChI=1S/C8H7F2NO2/c1-13-6-2-5(4-12)3-11-7(6)8(9)10/h2-4,8H,1H3. The number of methoxy groups -OCH3 is 1. The third kappa shape index (κ3) is 1.99. The van der Waals surface area contributed by atoms with Gasteiger partial charge in [0.2, 0.25) is 0 Å². The Balaban J connectivity index is 3.15. The van der Waals surface area contributed by atoms with Gasteiger partial charge in [0.15, 0.2) is 6.29 Å². The Morgan fingerprint density at radius 1 is 1.62 bits per heavy atom. The number of nitrogens with zero attached hydrogens (tertiary/aromatic N) is 1. The first kappa shape index (κ1) is 9.57. The summed E-state index contributed by atoms with van der Waals surface area (Å²) in [5, 5.41) is 0. The average Bonchev–Trinajstić information content (AvgIpc) is 2.16. The number of carbonyl (C=O) groups excluding carboxylic acids is 1. The molecule has 0 saturated carbocycles. The van der Waals surface area contributed by atoms with E-state index >= 15 is 0 Å². The van der Waals surface area contributed by atoms with Gasteiger partial charge in [0.05, 0.1) is 7.11 Å². The van der Waals surface area contributed by atoms with Crippen LogP contribution in [-0.2, 0) is 0 Å². The number of aldehydes is 1. The second kappa shape index (κ2) is 3.93. The second-order valence-electron chi connectivity index (χ2n) is 2.27. The molecule has 0 saturated heterocycles. The van der Waals surface area contributed by atoms with Crippen molar-refractivity contribution in [2.75, 3.05) is 7.11 Å². The molecule has 3 nitrogen and oxygen atoms in total. The van der Waals surface area contributed by atoms with Crippen molar-refractivity contribution in [3.8, 4) is 5.75 Å². The topological polar surface area (TPSA) is 39.2 Å². The van der Waals surface area contributed by atoms with Crippen molar-refractivity contribution >= 4 is 6.29 Å². The van der Waals surface area contributed by atoms with Crippen molar-refractivity contribution < 1.29 is 18.3 Å². The van der Waals surface area contributed by atoms with Gasteiger partial charge in [-0.15, -0.1) is 0 Å². The summed E-state index contributed by atoms with van der Waals surface area (Å²) >= 11 is 0. The fourth-order valence-corrected chi connectivity index (χ4v) is 0.862. The minimum absolute atomic E-state index is 0.0698. The van der Waals surface area contributed by atoms with Crippen LogP contribution < -0.4 is 4.74 Å². The zero-order chi connectivity index (χ0) is 9.84. The zero-order valence-corrected chi connectivity index (χ0v) is 6.83. The highest BCUT2D eigenvalue weighted by Crippen LogP contribution is 2.26. The van der Waals surface area contributed by atoms with E-state index in [0.717, 1.165) is 6.20 Å². The summed E-state index contributed by atoms with van der Waals surface area (Å²) < 4.78 is 29.1. The molecule has 0 aliphatic carbocycles. The van der Waals surface area contributed by atoms with E-state index in [1.165, 1.54) is 13.2 Å². The molecule has 0 amide bonds. The van der Waals surface area contributed by atoms with Crippen LogP contribution in [0.15, 0.2) is 12.3 Å². The molecule has 0 radical (unpaired) electrons. The summed E-state index contributed by atoms with van der Waals surface area (Å²) in [6.07, 6.45) is -1.10. The van der Waals surface area contributed by atoms with Gasteiger partial charge in [0.1, 0.15) is 11.4 Å². The van der Waals surface area contributed by atoms with Crippen molar-refractivity contribution in [1.29, 1.82) is 0 Å². The Morgan fingerprint density at radius 2 is 2.31 bits per heavy atom. The third-order valence-corrected chi connectivity index (χ3v) is 1.47. The molecule has 13 heavy (non-hydrogen) atoms. The highest BCUT2D eigenvalue weighted by molar-refractivity contribution is 5.75. The zero-order valence-electron chi connectivity index (χ0n) is 6.83. The van der Waals surface area contributed by atoms with Gasteiger partial charge in [-0.25, -0.2) is 8.78 Å². The molecule has 0 aromatic carbocycles. The number of rotatable bonds is 3. The lowest BCUT2D eigenvalue weighted by Crippen LogP contribution is -1.97. The summed E-state index contributed by atoms with van der Waals surface area (Å²) in [6, 6.07) is 1.22. The number of alkyl halides is 2. The third-order valence-electron chi connectivity index (χ3n) is 1.47. The van der Waals surface area contributed by atoms with Gasteiger partial charge in [0, 0.05) is 11.8 Å². The van der Waals surface area contributed by atoms with Crippen LogP contribution in [0.25, 0.3) is 0 Å². The lowest BCUT2D eigenvalue weighted by molar-refractivity contribution is 0.112. The van der Waals surface area contributed by atoms with Crippen LogP contribution in [0.4, 0.5) is 8.78 Å². The maximum atomic E-state index is 12.2. The van der Waals surface area contributed by atoms with Crippen LogP contribution in [0.1, 0.15) is 22.5 Å². The van der Waals surface area contributed by atoms with Crippen molar-refractivity contribution in [3.05, 3.63) is 23.5 Å². The summed E-state index contributed by atoms with van der Waals surface area (Å²) in [5.74, 6) is -0.0698. The fraction of sp³-hybridized carbons (Fsp3) is 0.250. The first-order valence-corrected chi connectivity index (χ1v) is 3.46. The number of carbonyl (C=O) groups is 1. The van der Waals surface area contributed by atoms with Gasteiger partial charge >= 0.3 is 0 Å². The van der Waals surface area contributed by atoms with Crippen LogP contribution in [0.2, 0.25) is 0 Å². The van der Waals surface area contributed by atoms with E-state index in [9.17, 15) is 13.6 Å². The number of hydrogen-bond donors (Lipinski definition) is 0. The van der Waals surface area contributed by atoms with E-state index in [4.69, 9.17) is 0 Å². The average molecular weight is 187 g/mol. The first-order chi connectivity index (χ1) is 6.19. The summed E-state index contributed by atoms with van der Waals surface area (Å²) in [6.45, 7) is 0. The van der Waals surface area contributed by atoms with E-state index in [1.54, 1.807) is 0 Å². The van der Waals surface area contributed by atoms with Crippen LogP contribution in [0.5, 0.6) is 5.75 Å². The van der Waals surface area contributed by atoms with E-state index in [1.807, 2.05) is 0 Å². The first-order valence-electron chi connectivity index (χ1n) is 3.46. The Bertz CT molecular complexity index is 315. The Kier molecular flexibility index (Phi) is 2.89. The minimum Gasteiger partial charge on any atom is -0.495 e. The van der Waals surface area contributed by atoms with Gasteiger partial charge < -0.3 is 4.74 Å². The predicted octanol–water partition coefficient (Wildman–Crippen LogP) is 1.84. The summed E-state index contributed by atoms with van der Waals surface area (Å²) in [5.41, 5.74) is -0.241. The molecule has 0 aliphatic rings. The number of aromatic nitrogens is 1. The van der Waals surface area contributed by atoms with E-state index < -0.39 is 12.1 Å². The van der Waals surface area contributed by atoms with E-state index in [2.05, 4.69) is 9.72 Å². The van der Waals surface area contributed by atoms with Gasteiger partial charge in [-0.2, -0.15) is 0 Å². The molecule has 0 bridgehead atoms. The fourth-order valence-electron chi connectivity index (χ4n) is 0.862. The molecule has 0 spiro atoms. The molecule has 1 aromatic heterocycles. The smallest absolute Gasteiger partial charge is 0.284 e. The molecular formula is C8H7F2NO2. The molecular weight excluding hydrogens is 180 g/mol. The molecule has 0 unspecified atom stereocenters. The maximum absolute atomic E-state index is 12.2. The molecule has 0 atom stereocenters. The van der Waals surface area contributed by atoms with Crippen molar-refractivity contribution in [2.45, 2.75) is 6.43 Å². The minimum atomic E-state index is -2.70. The van der Waals surface area contributed by atoms with Crippen LogP contribution in [-0.4, -0.2) is 18.4 Å². The number of ether oxygens (including phenoxy) is 1. The van der Waals surface area contributed by atoms with Gasteiger partial charge in [-0.1, -0.05) is 0 Å². The summed E-state index contributed by atoms with van der Waals surface area (Å²) in [4.78, 5) is 13.7. The van der Waals surface area contributed by atoms with E-state index in [-0.39, 0.29) is 11.3 Å². The van der Waals surface area contributed by atoms with Crippen LogP contribution >= 0.6 is 0 Å².